The molecule has 36 heavy (non-hydrogen) atoms. The second-order valence-electron chi connectivity index (χ2n) is 8.10. The van der Waals surface area contributed by atoms with Gasteiger partial charge < -0.3 is 20.9 Å². The standard InChI is InChI=1S/C26H28N6O3S/c1-34-23-12-16(10-18-13-29-26(28)31-25(18)27)11-20(24(23)35-2)22(33)8-9-32-21(15-36-3)19-7-5-4-6-17(19)14-30-32/h4-9,11-14,21H,10,15H2,1-3H3,(H4,27,28,29,31)/b9-8+. The second-order valence-corrected chi connectivity index (χ2v) is 9.01. The Bertz CT molecular complexity index is 1330. The van der Waals surface area contributed by atoms with Crippen LogP contribution in [-0.4, -0.2) is 53.2 Å². The van der Waals surface area contributed by atoms with Crippen LogP contribution in [0, 0.1) is 0 Å². The highest BCUT2D eigenvalue weighted by Crippen LogP contribution is 2.35. The molecular weight excluding hydrogens is 476 g/mol. The van der Waals surface area contributed by atoms with Crippen LogP contribution in [0.2, 0.25) is 0 Å². The van der Waals surface area contributed by atoms with Crippen molar-refractivity contribution < 1.29 is 14.3 Å². The van der Waals surface area contributed by atoms with E-state index in [1.54, 1.807) is 36.3 Å². The van der Waals surface area contributed by atoms with Crippen molar-refractivity contribution in [1.29, 1.82) is 0 Å². The summed E-state index contributed by atoms with van der Waals surface area (Å²) in [5.74, 6) is 1.76. The van der Waals surface area contributed by atoms with Gasteiger partial charge in [0.25, 0.3) is 0 Å². The van der Waals surface area contributed by atoms with Gasteiger partial charge in [0.05, 0.1) is 32.0 Å². The van der Waals surface area contributed by atoms with Crippen molar-refractivity contribution in [3.63, 3.8) is 0 Å². The Balaban J connectivity index is 1.65. The third-order valence-corrected chi connectivity index (χ3v) is 6.47. The van der Waals surface area contributed by atoms with Gasteiger partial charge in [-0.2, -0.15) is 21.8 Å². The van der Waals surface area contributed by atoms with Crippen molar-refractivity contribution in [2.75, 3.05) is 37.7 Å². The molecule has 0 bridgehead atoms. The summed E-state index contributed by atoms with van der Waals surface area (Å²) in [5.41, 5.74) is 15.7. The highest BCUT2D eigenvalue weighted by molar-refractivity contribution is 7.98. The van der Waals surface area contributed by atoms with Crippen LogP contribution in [0.1, 0.15) is 38.7 Å². The van der Waals surface area contributed by atoms with E-state index in [1.165, 1.54) is 25.9 Å². The minimum absolute atomic E-state index is 0.0153. The van der Waals surface area contributed by atoms with Gasteiger partial charge in [-0.3, -0.25) is 9.80 Å². The lowest BCUT2D eigenvalue weighted by atomic mass is 9.99. The molecule has 0 saturated carbocycles. The minimum atomic E-state index is -0.245. The molecule has 1 atom stereocenters. The predicted molar refractivity (Wildman–Crippen MR) is 144 cm³/mol. The first-order chi connectivity index (χ1) is 17.4. The summed E-state index contributed by atoms with van der Waals surface area (Å²) in [6, 6.07) is 11.7. The zero-order valence-corrected chi connectivity index (χ0v) is 21.2. The van der Waals surface area contributed by atoms with Crippen molar-refractivity contribution in [3.8, 4) is 11.5 Å². The number of benzene rings is 2. The summed E-state index contributed by atoms with van der Waals surface area (Å²) in [6.45, 7) is 0. The van der Waals surface area contributed by atoms with Crippen LogP contribution in [0.15, 0.2) is 60.0 Å². The summed E-state index contributed by atoms with van der Waals surface area (Å²) in [7, 11) is 3.03. The molecule has 0 aliphatic carbocycles. The Kier molecular flexibility index (Phi) is 7.74. The van der Waals surface area contributed by atoms with Crippen LogP contribution >= 0.6 is 11.8 Å². The van der Waals surface area contributed by atoms with Gasteiger partial charge in [-0.15, -0.1) is 0 Å². The maximum atomic E-state index is 13.4. The molecule has 10 heteroatoms. The van der Waals surface area contributed by atoms with Crippen molar-refractivity contribution in [2.45, 2.75) is 12.5 Å². The maximum absolute atomic E-state index is 13.4. The molecule has 0 fully saturated rings. The van der Waals surface area contributed by atoms with Gasteiger partial charge >= 0.3 is 0 Å². The number of ketones is 1. The van der Waals surface area contributed by atoms with E-state index in [1.807, 2.05) is 29.4 Å². The van der Waals surface area contributed by atoms with E-state index in [0.717, 1.165) is 16.9 Å². The smallest absolute Gasteiger partial charge is 0.221 e. The van der Waals surface area contributed by atoms with E-state index in [4.69, 9.17) is 20.9 Å². The molecule has 0 spiro atoms. The SMILES string of the molecule is COc1cc(Cc2cnc(N)nc2N)cc(C(=O)/C=C/N2N=Cc3ccccc3C2CSC)c1OC. The molecule has 4 N–H and O–H groups in total. The van der Waals surface area contributed by atoms with Crippen molar-refractivity contribution in [3.05, 3.63) is 82.7 Å². The number of hydrazone groups is 1. The topological polar surface area (TPSA) is 129 Å². The highest BCUT2D eigenvalue weighted by atomic mass is 32.2. The minimum Gasteiger partial charge on any atom is -0.493 e. The molecule has 2 aromatic carbocycles. The van der Waals surface area contributed by atoms with Crippen LogP contribution < -0.4 is 20.9 Å². The van der Waals surface area contributed by atoms with Crippen molar-refractivity contribution in [2.24, 2.45) is 5.10 Å². The zero-order valence-electron chi connectivity index (χ0n) is 20.3. The number of nitrogens with two attached hydrogens (primary N) is 2. The molecule has 1 aromatic heterocycles. The van der Waals surface area contributed by atoms with Gasteiger partial charge in [0.1, 0.15) is 5.82 Å². The van der Waals surface area contributed by atoms with E-state index >= 15 is 0 Å². The molecule has 2 heterocycles. The number of thioether (sulfide) groups is 1. The van der Waals surface area contributed by atoms with Crippen LogP contribution in [-0.2, 0) is 6.42 Å². The third-order valence-electron chi connectivity index (χ3n) is 5.82. The third kappa shape index (κ3) is 5.28. The Hall–Kier alpha value is -4.05. The number of carbonyl (C=O) groups excluding carboxylic acids is 1. The molecule has 0 amide bonds. The van der Waals surface area contributed by atoms with Crippen molar-refractivity contribution in [1.82, 2.24) is 15.0 Å². The molecule has 3 aromatic rings. The molecule has 0 radical (unpaired) electrons. The van der Waals surface area contributed by atoms with Gasteiger partial charge in [-0.25, -0.2) is 4.98 Å². The molecule has 1 unspecified atom stereocenters. The van der Waals surface area contributed by atoms with Crippen molar-refractivity contribution >= 4 is 35.5 Å². The molecular formula is C26H28N6O3S. The number of hydrogen-bond donors (Lipinski definition) is 2. The van der Waals surface area contributed by atoms with E-state index in [9.17, 15) is 4.79 Å². The van der Waals surface area contributed by atoms with E-state index in [0.29, 0.717) is 29.0 Å². The summed E-state index contributed by atoms with van der Waals surface area (Å²) in [6.07, 6.45) is 9.04. The average molecular weight is 505 g/mol. The van der Waals surface area contributed by atoms with Crippen LogP contribution in [0.25, 0.3) is 0 Å². The highest BCUT2D eigenvalue weighted by Gasteiger charge is 2.24. The normalized spacial score (nSPS) is 14.6. The number of ether oxygens (including phenoxy) is 2. The average Bonchev–Trinajstić information content (AvgIpc) is 2.89. The van der Waals surface area contributed by atoms with E-state index < -0.39 is 0 Å². The van der Waals surface area contributed by atoms with Gasteiger partial charge in [-0.05, 0) is 35.1 Å². The quantitative estimate of drug-likeness (QED) is 0.331. The number of rotatable bonds is 9. The summed E-state index contributed by atoms with van der Waals surface area (Å²) in [5, 5.41) is 6.38. The number of hydrogen-bond acceptors (Lipinski definition) is 10. The van der Waals surface area contributed by atoms with Gasteiger partial charge in [0.15, 0.2) is 17.3 Å². The Morgan fingerprint density at radius 3 is 2.72 bits per heavy atom. The van der Waals surface area contributed by atoms with Crippen LogP contribution in [0.5, 0.6) is 11.5 Å². The second kappa shape index (κ2) is 11.1. The van der Waals surface area contributed by atoms with E-state index in [2.05, 4.69) is 27.4 Å². The summed E-state index contributed by atoms with van der Waals surface area (Å²) in [4.78, 5) is 21.4. The number of aromatic nitrogens is 2. The molecule has 0 saturated heterocycles. The first-order valence-corrected chi connectivity index (χ1v) is 12.6. The van der Waals surface area contributed by atoms with E-state index in [-0.39, 0.29) is 23.6 Å². The molecule has 1 aliphatic heterocycles. The lowest BCUT2D eigenvalue weighted by Gasteiger charge is -2.30. The summed E-state index contributed by atoms with van der Waals surface area (Å²) < 4.78 is 11.1. The Labute approximate surface area is 214 Å². The predicted octanol–water partition coefficient (Wildman–Crippen LogP) is 3.70. The first-order valence-electron chi connectivity index (χ1n) is 11.2. The number of carbonyl (C=O) groups is 1. The fourth-order valence-corrected chi connectivity index (χ4v) is 4.73. The molecule has 4 rings (SSSR count). The molecule has 1 aliphatic rings. The van der Waals surface area contributed by atoms with Crippen LogP contribution in [0.4, 0.5) is 11.8 Å². The fourth-order valence-electron chi connectivity index (χ4n) is 4.08. The zero-order chi connectivity index (χ0) is 25.7. The van der Waals surface area contributed by atoms with Gasteiger partial charge in [0, 0.05) is 36.2 Å². The fraction of sp³-hybridized carbons (Fsp3) is 0.231. The Morgan fingerprint density at radius 1 is 1.19 bits per heavy atom. The number of nitrogen functional groups attached to an aromatic ring is 2. The largest absolute Gasteiger partial charge is 0.493 e. The monoisotopic (exact) mass is 504 g/mol. The molecule has 186 valence electrons. The lowest BCUT2D eigenvalue weighted by molar-refractivity contribution is 0.104. The number of allylic oxidation sites excluding steroid dienone is 1. The van der Waals surface area contributed by atoms with Crippen LogP contribution in [0.3, 0.4) is 0 Å². The number of anilines is 2. The lowest BCUT2D eigenvalue weighted by Crippen LogP contribution is -2.25. The molecule has 9 nitrogen and oxygen atoms in total. The Morgan fingerprint density at radius 2 is 2.00 bits per heavy atom. The van der Waals surface area contributed by atoms with Gasteiger partial charge in [0.2, 0.25) is 5.95 Å². The first kappa shape index (κ1) is 25.1. The number of nitrogens with zero attached hydrogens (tertiary/aromatic N) is 4. The summed E-state index contributed by atoms with van der Waals surface area (Å²) >= 11 is 1.72. The number of methoxy groups -OCH3 is 2. The van der Waals surface area contributed by atoms with Gasteiger partial charge in [-0.1, -0.05) is 24.3 Å². The maximum Gasteiger partial charge on any atom is 0.221 e. The number of fused-ring (bicyclic) bond motifs is 1.